The SMILES string of the molecule is c1ccc(-c2cccc3ccc(-c4ccc(N(c5ccc(-c6cccc7ccccc67)cc5)c5ccc6c(c5)sc5ccccc56)cc4)cc23)cc1. The molecule has 1 nitrogen and oxygen atoms in total. The number of hydrogen-bond donors (Lipinski definition) is 0. The Hall–Kier alpha value is -6.48. The van der Waals surface area contributed by atoms with Gasteiger partial charge in [0.05, 0.1) is 0 Å². The smallest absolute Gasteiger partial charge is 0.0476 e. The van der Waals surface area contributed by atoms with Gasteiger partial charge in [0.1, 0.15) is 0 Å². The molecule has 0 saturated carbocycles. The highest BCUT2D eigenvalue weighted by Crippen LogP contribution is 2.42. The van der Waals surface area contributed by atoms with E-state index in [4.69, 9.17) is 0 Å². The van der Waals surface area contributed by atoms with Crippen molar-refractivity contribution < 1.29 is 0 Å². The van der Waals surface area contributed by atoms with Crippen molar-refractivity contribution in [3.05, 3.63) is 200 Å². The summed E-state index contributed by atoms with van der Waals surface area (Å²) in [6.45, 7) is 0. The first kappa shape index (κ1) is 30.4. The summed E-state index contributed by atoms with van der Waals surface area (Å²) in [5.74, 6) is 0. The van der Waals surface area contributed by atoms with Gasteiger partial charge in [0.15, 0.2) is 0 Å². The third-order valence-electron chi connectivity index (χ3n) is 10.3. The maximum absolute atomic E-state index is 2.38. The van der Waals surface area contributed by atoms with Crippen molar-refractivity contribution in [3.63, 3.8) is 0 Å². The number of benzene rings is 9. The molecule has 9 aromatic carbocycles. The minimum absolute atomic E-state index is 1.12. The van der Waals surface area contributed by atoms with Gasteiger partial charge in [-0.25, -0.2) is 0 Å². The molecule has 244 valence electrons. The third kappa shape index (κ3) is 5.33. The topological polar surface area (TPSA) is 3.24 Å². The Morgan fingerprint density at radius 2 is 0.827 bits per heavy atom. The van der Waals surface area contributed by atoms with Crippen LogP contribution in [0.5, 0.6) is 0 Å². The zero-order valence-electron chi connectivity index (χ0n) is 28.4. The minimum Gasteiger partial charge on any atom is -0.310 e. The van der Waals surface area contributed by atoms with E-state index in [-0.39, 0.29) is 0 Å². The molecular formula is C50H33NS. The summed E-state index contributed by atoms with van der Waals surface area (Å²) in [6, 6.07) is 72.9. The molecule has 0 spiro atoms. The Labute approximate surface area is 307 Å². The molecule has 0 amide bonds. The fraction of sp³-hybridized carbons (Fsp3) is 0. The average molecular weight is 680 g/mol. The van der Waals surface area contributed by atoms with Crippen molar-refractivity contribution in [2.24, 2.45) is 0 Å². The minimum atomic E-state index is 1.12. The van der Waals surface area contributed by atoms with Gasteiger partial charge < -0.3 is 4.90 Å². The molecule has 0 N–H and O–H groups in total. The van der Waals surface area contributed by atoms with E-state index >= 15 is 0 Å². The van der Waals surface area contributed by atoms with Crippen LogP contribution >= 0.6 is 11.3 Å². The van der Waals surface area contributed by atoms with Crippen LogP contribution in [0.2, 0.25) is 0 Å². The molecule has 52 heavy (non-hydrogen) atoms. The normalized spacial score (nSPS) is 11.5. The second-order valence-corrected chi connectivity index (χ2v) is 14.4. The molecule has 0 radical (unpaired) electrons. The van der Waals surface area contributed by atoms with Crippen LogP contribution in [0.4, 0.5) is 17.1 Å². The van der Waals surface area contributed by atoms with E-state index in [2.05, 4.69) is 205 Å². The van der Waals surface area contributed by atoms with Gasteiger partial charge in [-0.05, 0) is 103 Å². The summed E-state index contributed by atoms with van der Waals surface area (Å²) in [5.41, 5.74) is 10.7. The molecule has 2 heteroatoms. The molecule has 0 aliphatic rings. The van der Waals surface area contributed by atoms with Crippen molar-refractivity contribution in [2.45, 2.75) is 0 Å². The summed E-state index contributed by atoms with van der Waals surface area (Å²) < 4.78 is 2.61. The maximum Gasteiger partial charge on any atom is 0.0476 e. The quantitative estimate of drug-likeness (QED) is 0.169. The maximum atomic E-state index is 2.38. The number of nitrogens with zero attached hydrogens (tertiary/aromatic N) is 1. The van der Waals surface area contributed by atoms with E-state index < -0.39 is 0 Å². The predicted octanol–water partition coefficient (Wildman–Crippen LogP) is 14.8. The molecule has 10 rings (SSSR count). The van der Waals surface area contributed by atoms with Crippen LogP contribution in [-0.2, 0) is 0 Å². The lowest BCUT2D eigenvalue weighted by Crippen LogP contribution is -2.09. The number of hydrogen-bond acceptors (Lipinski definition) is 2. The van der Waals surface area contributed by atoms with Crippen LogP contribution in [0.1, 0.15) is 0 Å². The third-order valence-corrected chi connectivity index (χ3v) is 11.4. The standard InChI is InChI=1S/C50H33NS/c1-2-10-35(11-3-1)45-18-9-14-37-20-21-39(32-48(37)45)34-22-26-40(27-23-34)51(42-30-31-47-46-16-6-7-19-49(46)52-50(47)33-42)41-28-24-38(25-29-41)44-17-8-13-36-12-4-5-15-43(36)44/h1-33H. The Balaban J connectivity index is 1.07. The van der Waals surface area contributed by atoms with Gasteiger partial charge in [0.25, 0.3) is 0 Å². The fourth-order valence-electron chi connectivity index (χ4n) is 7.69. The second kappa shape index (κ2) is 12.7. The van der Waals surface area contributed by atoms with Crippen molar-refractivity contribution in [1.29, 1.82) is 0 Å². The summed E-state index contributed by atoms with van der Waals surface area (Å²) in [4.78, 5) is 2.38. The predicted molar refractivity (Wildman–Crippen MR) is 225 cm³/mol. The lowest BCUT2D eigenvalue weighted by Gasteiger charge is -2.26. The van der Waals surface area contributed by atoms with Crippen molar-refractivity contribution in [3.8, 4) is 33.4 Å². The summed E-state index contributed by atoms with van der Waals surface area (Å²) in [6.07, 6.45) is 0. The molecule has 10 aromatic rings. The van der Waals surface area contributed by atoms with E-state index in [1.807, 2.05) is 11.3 Å². The van der Waals surface area contributed by atoms with E-state index in [0.717, 1.165) is 17.1 Å². The first-order valence-corrected chi connectivity index (χ1v) is 18.6. The molecule has 0 aliphatic heterocycles. The van der Waals surface area contributed by atoms with Gasteiger partial charge in [0.2, 0.25) is 0 Å². The zero-order chi connectivity index (χ0) is 34.4. The number of rotatable bonds is 6. The Morgan fingerprint density at radius 3 is 1.60 bits per heavy atom. The molecule has 0 fully saturated rings. The van der Waals surface area contributed by atoms with Crippen LogP contribution in [0.3, 0.4) is 0 Å². The second-order valence-electron chi connectivity index (χ2n) is 13.3. The van der Waals surface area contributed by atoms with Crippen LogP contribution < -0.4 is 4.90 Å². The molecule has 1 heterocycles. The molecular weight excluding hydrogens is 647 g/mol. The first-order chi connectivity index (χ1) is 25.8. The van der Waals surface area contributed by atoms with Crippen molar-refractivity contribution in [2.75, 3.05) is 4.90 Å². The van der Waals surface area contributed by atoms with Crippen LogP contribution in [0.25, 0.3) is 75.1 Å². The monoisotopic (exact) mass is 679 g/mol. The Kier molecular flexibility index (Phi) is 7.41. The average Bonchev–Trinajstić information content (AvgIpc) is 3.59. The molecule has 0 aliphatic carbocycles. The first-order valence-electron chi connectivity index (χ1n) is 17.8. The van der Waals surface area contributed by atoms with Gasteiger partial charge in [-0.2, -0.15) is 0 Å². The van der Waals surface area contributed by atoms with Crippen LogP contribution in [0.15, 0.2) is 200 Å². The largest absolute Gasteiger partial charge is 0.310 e. The van der Waals surface area contributed by atoms with E-state index in [9.17, 15) is 0 Å². The lowest BCUT2D eigenvalue weighted by atomic mass is 9.95. The van der Waals surface area contributed by atoms with Gasteiger partial charge in [0, 0.05) is 37.2 Å². The van der Waals surface area contributed by atoms with Crippen molar-refractivity contribution >= 4 is 70.1 Å². The van der Waals surface area contributed by atoms with E-state index in [1.165, 1.54) is 75.1 Å². The number of anilines is 3. The zero-order valence-corrected chi connectivity index (χ0v) is 29.2. The molecule has 0 saturated heterocycles. The Bertz CT molecular complexity index is 2880. The summed E-state index contributed by atoms with van der Waals surface area (Å²) in [5, 5.41) is 7.65. The fourth-order valence-corrected chi connectivity index (χ4v) is 8.83. The summed E-state index contributed by atoms with van der Waals surface area (Å²) in [7, 11) is 0. The van der Waals surface area contributed by atoms with Gasteiger partial charge in [-0.1, -0.05) is 152 Å². The van der Waals surface area contributed by atoms with E-state index in [0.29, 0.717) is 0 Å². The van der Waals surface area contributed by atoms with Crippen LogP contribution in [0, 0.1) is 0 Å². The van der Waals surface area contributed by atoms with E-state index in [1.54, 1.807) is 0 Å². The molecule has 0 atom stereocenters. The number of thiophene rings is 1. The Morgan fingerprint density at radius 1 is 0.288 bits per heavy atom. The molecule has 1 aromatic heterocycles. The molecule has 0 bridgehead atoms. The van der Waals surface area contributed by atoms with Gasteiger partial charge >= 0.3 is 0 Å². The summed E-state index contributed by atoms with van der Waals surface area (Å²) >= 11 is 1.86. The number of fused-ring (bicyclic) bond motifs is 5. The highest BCUT2D eigenvalue weighted by Gasteiger charge is 2.16. The van der Waals surface area contributed by atoms with Gasteiger partial charge in [-0.15, -0.1) is 11.3 Å². The van der Waals surface area contributed by atoms with Gasteiger partial charge in [-0.3, -0.25) is 0 Å². The van der Waals surface area contributed by atoms with Crippen LogP contribution in [-0.4, -0.2) is 0 Å². The highest BCUT2D eigenvalue weighted by molar-refractivity contribution is 7.25. The highest BCUT2D eigenvalue weighted by atomic mass is 32.1. The lowest BCUT2D eigenvalue weighted by molar-refractivity contribution is 1.29. The molecule has 0 unspecified atom stereocenters. The van der Waals surface area contributed by atoms with Crippen molar-refractivity contribution in [1.82, 2.24) is 0 Å².